The first-order chi connectivity index (χ1) is 13.2. The molecule has 3 aromatic rings. The summed E-state index contributed by atoms with van der Waals surface area (Å²) >= 11 is 5.86. The highest BCUT2D eigenvalue weighted by molar-refractivity contribution is 6.30. The Morgan fingerprint density at radius 2 is 1.85 bits per heavy atom. The average molecular weight is 383 g/mol. The SMILES string of the molecule is O=C(COc1ccc(Cl)cc1)N1CCC(Cc2c[nH]c3ccccc23)CC1. The van der Waals surface area contributed by atoms with Gasteiger partial charge in [-0.2, -0.15) is 0 Å². The van der Waals surface area contributed by atoms with Gasteiger partial charge in [-0.05, 0) is 61.1 Å². The number of nitrogens with zero attached hydrogens (tertiary/aromatic N) is 1. The fourth-order valence-corrected chi connectivity index (χ4v) is 3.89. The lowest BCUT2D eigenvalue weighted by atomic mass is 9.90. The number of H-pyrrole nitrogens is 1. The van der Waals surface area contributed by atoms with Crippen molar-refractivity contribution in [2.75, 3.05) is 19.7 Å². The number of fused-ring (bicyclic) bond motifs is 1. The molecule has 0 saturated carbocycles. The zero-order chi connectivity index (χ0) is 18.6. The van der Waals surface area contributed by atoms with E-state index in [1.807, 2.05) is 4.90 Å². The molecule has 1 N–H and O–H groups in total. The number of benzene rings is 2. The second-order valence-electron chi connectivity index (χ2n) is 7.13. The molecule has 1 fully saturated rings. The number of para-hydroxylation sites is 1. The van der Waals surface area contributed by atoms with Crippen molar-refractivity contribution >= 4 is 28.4 Å². The van der Waals surface area contributed by atoms with Crippen LogP contribution in [0.1, 0.15) is 18.4 Å². The van der Waals surface area contributed by atoms with Crippen LogP contribution in [-0.2, 0) is 11.2 Å². The molecule has 4 nitrogen and oxygen atoms in total. The maximum absolute atomic E-state index is 12.4. The molecule has 1 saturated heterocycles. The van der Waals surface area contributed by atoms with Crippen molar-refractivity contribution in [2.45, 2.75) is 19.3 Å². The first-order valence-electron chi connectivity index (χ1n) is 9.40. The summed E-state index contributed by atoms with van der Waals surface area (Å²) in [6, 6.07) is 15.5. The number of hydrogen-bond acceptors (Lipinski definition) is 2. The van der Waals surface area contributed by atoms with Crippen LogP contribution >= 0.6 is 11.6 Å². The average Bonchev–Trinajstić information content (AvgIpc) is 3.11. The Balaban J connectivity index is 1.27. The largest absolute Gasteiger partial charge is 0.484 e. The van der Waals surface area contributed by atoms with E-state index >= 15 is 0 Å². The van der Waals surface area contributed by atoms with Crippen molar-refractivity contribution in [3.05, 3.63) is 65.3 Å². The van der Waals surface area contributed by atoms with Gasteiger partial charge in [0.15, 0.2) is 6.61 Å². The van der Waals surface area contributed by atoms with E-state index in [-0.39, 0.29) is 12.5 Å². The molecule has 27 heavy (non-hydrogen) atoms. The number of carbonyl (C=O) groups excluding carboxylic acids is 1. The van der Waals surface area contributed by atoms with E-state index in [9.17, 15) is 4.79 Å². The van der Waals surface area contributed by atoms with Crippen molar-refractivity contribution < 1.29 is 9.53 Å². The van der Waals surface area contributed by atoms with Crippen molar-refractivity contribution in [1.82, 2.24) is 9.88 Å². The minimum atomic E-state index is 0.0514. The van der Waals surface area contributed by atoms with E-state index in [1.54, 1.807) is 24.3 Å². The lowest BCUT2D eigenvalue weighted by molar-refractivity contribution is -0.134. The maximum Gasteiger partial charge on any atom is 0.260 e. The summed E-state index contributed by atoms with van der Waals surface area (Å²) in [4.78, 5) is 17.7. The summed E-state index contributed by atoms with van der Waals surface area (Å²) in [5.41, 5.74) is 2.57. The Bertz CT molecular complexity index is 911. The molecule has 1 aliphatic rings. The number of amides is 1. The van der Waals surface area contributed by atoms with E-state index in [4.69, 9.17) is 16.3 Å². The van der Waals surface area contributed by atoms with Crippen LogP contribution < -0.4 is 4.74 Å². The molecule has 2 aromatic carbocycles. The van der Waals surface area contributed by atoms with Crippen LogP contribution in [0.4, 0.5) is 0 Å². The lowest BCUT2D eigenvalue weighted by Gasteiger charge is -2.32. The molecule has 1 aromatic heterocycles. The number of hydrogen-bond donors (Lipinski definition) is 1. The fourth-order valence-electron chi connectivity index (χ4n) is 3.77. The Labute approximate surface area is 164 Å². The lowest BCUT2D eigenvalue weighted by Crippen LogP contribution is -2.41. The molecule has 1 amide bonds. The zero-order valence-electron chi connectivity index (χ0n) is 15.2. The highest BCUT2D eigenvalue weighted by atomic mass is 35.5. The summed E-state index contributed by atoms with van der Waals surface area (Å²) < 4.78 is 5.58. The van der Waals surface area contributed by atoms with Gasteiger partial charge >= 0.3 is 0 Å². The quantitative estimate of drug-likeness (QED) is 0.696. The Kier molecular flexibility index (Phi) is 5.35. The van der Waals surface area contributed by atoms with Gasteiger partial charge in [0.2, 0.25) is 0 Å². The molecule has 0 radical (unpaired) electrons. The van der Waals surface area contributed by atoms with Crippen molar-refractivity contribution in [2.24, 2.45) is 5.92 Å². The van der Waals surface area contributed by atoms with Gasteiger partial charge in [-0.3, -0.25) is 4.79 Å². The molecule has 5 heteroatoms. The summed E-state index contributed by atoms with van der Waals surface area (Å²) in [7, 11) is 0. The van der Waals surface area contributed by atoms with Crippen LogP contribution in [0.5, 0.6) is 5.75 Å². The summed E-state index contributed by atoms with van der Waals surface area (Å²) in [5.74, 6) is 1.34. The summed E-state index contributed by atoms with van der Waals surface area (Å²) in [6.45, 7) is 1.68. The first kappa shape index (κ1) is 17.9. The normalized spacial score (nSPS) is 15.2. The molecular weight excluding hydrogens is 360 g/mol. The summed E-state index contributed by atoms with van der Waals surface area (Å²) in [6.07, 6.45) is 5.26. The van der Waals surface area contributed by atoms with Gasteiger partial charge < -0.3 is 14.6 Å². The van der Waals surface area contributed by atoms with E-state index in [2.05, 4.69) is 35.4 Å². The van der Waals surface area contributed by atoms with E-state index < -0.39 is 0 Å². The predicted molar refractivity (Wildman–Crippen MR) is 108 cm³/mol. The third-order valence-electron chi connectivity index (χ3n) is 5.33. The highest BCUT2D eigenvalue weighted by Gasteiger charge is 2.23. The number of piperidine rings is 1. The predicted octanol–water partition coefficient (Wildman–Crippen LogP) is 4.68. The molecule has 2 heterocycles. The van der Waals surface area contributed by atoms with Gasteiger partial charge in [0, 0.05) is 35.2 Å². The molecule has 0 unspecified atom stereocenters. The third-order valence-corrected chi connectivity index (χ3v) is 5.58. The topological polar surface area (TPSA) is 45.3 Å². The molecule has 0 aliphatic carbocycles. The van der Waals surface area contributed by atoms with Crippen molar-refractivity contribution in [3.8, 4) is 5.75 Å². The van der Waals surface area contributed by atoms with Gasteiger partial charge in [-0.15, -0.1) is 0 Å². The molecule has 1 aliphatic heterocycles. The Hall–Kier alpha value is -2.46. The second kappa shape index (κ2) is 8.05. The van der Waals surface area contributed by atoms with E-state index in [0.29, 0.717) is 16.7 Å². The van der Waals surface area contributed by atoms with Crippen molar-refractivity contribution in [3.63, 3.8) is 0 Å². The van der Waals surface area contributed by atoms with E-state index in [1.165, 1.54) is 16.5 Å². The molecule has 4 rings (SSSR count). The van der Waals surface area contributed by atoms with Crippen LogP contribution in [-0.4, -0.2) is 35.5 Å². The number of ether oxygens (including phenoxy) is 1. The van der Waals surface area contributed by atoms with Crippen LogP contribution in [0.25, 0.3) is 10.9 Å². The molecule has 0 spiro atoms. The number of likely N-dealkylation sites (tertiary alicyclic amines) is 1. The monoisotopic (exact) mass is 382 g/mol. The number of nitrogens with one attached hydrogen (secondary N) is 1. The molecule has 140 valence electrons. The van der Waals surface area contributed by atoms with Crippen molar-refractivity contribution in [1.29, 1.82) is 0 Å². The highest BCUT2D eigenvalue weighted by Crippen LogP contribution is 2.26. The van der Waals surface area contributed by atoms with Gasteiger partial charge in [0.25, 0.3) is 5.91 Å². The molecule has 0 bridgehead atoms. The maximum atomic E-state index is 12.4. The second-order valence-corrected chi connectivity index (χ2v) is 7.57. The first-order valence-corrected chi connectivity index (χ1v) is 9.78. The Morgan fingerprint density at radius 3 is 2.63 bits per heavy atom. The number of halogens is 1. The molecule has 0 atom stereocenters. The van der Waals surface area contributed by atoms with Crippen LogP contribution in [0, 0.1) is 5.92 Å². The van der Waals surface area contributed by atoms with E-state index in [0.717, 1.165) is 32.4 Å². The molecular formula is C22H23ClN2O2. The minimum absolute atomic E-state index is 0.0514. The van der Waals surface area contributed by atoms with Crippen LogP contribution in [0.2, 0.25) is 5.02 Å². The van der Waals surface area contributed by atoms with Gasteiger partial charge in [0.1, 0.15) is 5.75 Å². The smallest absolute Gasteiger partial charge is 0.260 e. The summed E-state index contributed by atoms with van der Waals surface area (Å²) in [5, 5.41) is 1.97. The minimum Gasteiger partial charge on any atom is -0.484 e. The fraction of sp³-hybridized carbons (Fsp3) is 0.318. The number of carbonyl (C=O) groups is 1. The van der Waals surface area contributed by atoms with Gasteiger partial charge in [-0.25, -0.2) is 0 Å². The number of rotatable bonds is 5. The van der Waals surface area contributed by atoms with Gasteiger partial charge in [0.05, 0.1) is 0 Å². The van der Waals surface area contributed by atoms with Crippen LogP contribution in [0.3, 0.4) is 0 Å². The number of aromatic nitrogens is 1. The third kappa shape index (κ3) is 4.28. The van der Waals surface area contributed by atoms with Crippen LogP contribution in [0.15, 0.2) is 54.7 Å². The van der Waals surface area contributed by atoms with Gasteiger partial charge in [-0.1, -0.05) is 29.8 Å². The zero-order valence-corrected chi connectivity index (χ0v) is 15.9. The Morgan fingerprint density at radius 1 is 1.11 bits per heavy atom. The number of aromatic amines is 1. The standard InChI is InChI=1S/C22H23ClN2O2/c23-18-5-7-19(8-6-18)27-15-22(26)25-11-9-16(10-12-25)13-17-14-24-21-4-2-1-3-20(17)21/h1-8,14,16,24H,9-13,15H2.